The van der Waals surface area contributed by atoms with Crippen molar-refractivity contribution in [2.75, 3.05) is 19.0 Å². The van der Waals surface area contributed by atoms with Crippen LogP contribution in [0.4, 0.5) is 5.69 Å². The van der Waals surface area contributed by atoms with Gasteiger partial charge in [0.2, 0.25) is 0 Å². The minimum atomic E-state index is 0.529. The molecule has 8 rings (SSSR count). The Labute approximate surface area is 284 Å². The molecule has 8 bridgehead atoms. The van der Waals surface area contributed by atoms with Crippen LogP contribution >= 0.6 is 0 Å². The van der Waals surface area contributed by atoms with Crippen molar-refractivity contribution in [3.05, 3.63) is 149 Å². The van der Waals surface area contributed by atoms with Gasteiger partial charge in [0.25, 0.3) is 0 Å². The van der Waals surface area contributed by atoms with E-state index in [9.17, 15) is 4.79 Å². The molecule has 6 aromatic rings. The number of hydrogen-bond donors (Lipinski definition) is 2. The van der Waals surface area contributed by atoms with Gasteiger partial charge in [0, 0.05) is 47.5 Å². The number of hydrogen-bond acceptors (Lipinski definition) is 4. The topological polar surface area (TPSA) is 77.7 Å². The largest absolute Gasteiger partial charge is 0.378 e. The van der Waals surface area contributed by atoms with Crippen LogP contribution in [0.3, 0.4) is 0 Å². The van der Waals surface area contributed by atoms with Crippen LogP contribution in [-0.2, 0) is 0 Å². The Morgan fingerprint density at radius 2 is 1.02 bits per heavy atom. The Morgan fingerprint density at radius 1 is 0.551 bits per heavy atom. The van der Waals surface area contributed by atoms with E-state index in [0.29, 0.717) is 16.6 Å². The fraction of sp³-hybridized carbons (Fsp3) is 0.0465. The van der Waals surface area contributed by atoms with Crippen molar-refractivity contribution in [2.45, 2.75) is 0 Å². The number of benzene rings is 3. The van der Waals surface area contributed by atoms with Gasteiger partial charge in [-0.15, -0.1) is 0 Å². The maximum atomic E-state index is 12.6. The lowest BCUT2D eigenvalue weighted by Gasteiger charge is -2.11. The first-order valence-corrected chi connectivity index (χ1v) is 16.1. The van der Waals surface area contributed by atoms with Crippen molar-refractivity contribution in [1.82, 2.24) is 19.9 Å². The molecule has 0 amide bonds. The summed E-state index contributed by atoms with van der Waals surface area (Å²) in [4.78, 5) is 32.1. The van der Waals surface area contributed by atoms with Crippen LogP contribution in [-0.4, -0.2) is 40.3 Å². The number of nitrogens with one attached hydrogen (secondary N) is 2. The lowest BCUT2D eigenvalue weighted by molar-refractivity contribution is 0.112. The molecule has 2 aliphatic heterocycles. The fourth-order valence-electron chi connectivity index (χ4n) is 6.28. The third-order valence-corrected chi connectivity index (χ3v) is 8.75. The van der Waals surface area contributed by atoms with Gasteiger partial charge in [0.1, 0.15) is 0 Å². The van der Waals surface area contributed by atoms with E-state index in [1.54, 1.807) is 0 Å². The molecule has 0 fully saturated rings. The Hall–Kier alpha value is -6.71. The first kappa shape index (κ1) is 29.7. The molecule has 0 unspecified atom stereocenters. The highest BCUT2D eigenvalue weighted by Gasteiger charge is 2.17. The Bertz CT molecular complexity index is 2390. The summed E-state index contributed by atoms with van der Waals surface area (Å²) in [5, 5.41) is 0. The number of rotatable bonds is 4. The number of aromatic amines is 2. The summed E-state index contributed by atoms with van der Waals surface area (Å²) < 4.78 is 0. The van der Waals surface area contributed by atoms with Gasteiger partial charge >= 0.3 is 0 Å². The molecular weight excluding hydrogens is 603 g/mol. The molecule has 0 radical (unpaired) electrons. The van der Waals surface area contributed by atoms with E-state index in [-0.39, 0.29) is 0 Å². The van der Waals surface area contributed by atoms with Crippen molar-refractivity contribution in [3.8, 4) is 34.1 Å². The minimum Gasteiger partial charge on any atom is -0.378 e. The van der Waals surface area contributed by atoms with E-state index in [1.807, 2.05) is 111 Å². The summed E-state index contributed by atoms with van der Waals surface area (Å²) in [6, 6.07) is 36.4. The molecule has 0 spiro atoms. The first-order chi connectivity index (χ1) is 24.1. The molecule has 234 valence electrons. The van der Waals surface area contributed by atoms with Crippen LogP contribution in [0, 0.1) is 11.8 Å². The van der Waals surface area contributed by atoms with E-state index in [1.165, 1.54) is 0 Å². The van der Waals surface area contributed by atoms with Crippen molar-refractivity contribution < 1.29 is 4.79 Å². The number of H-pyrrole nitrogens is 2. The Balaban J connectivity index is 1.49. The third kappa shape index (κ3) is 5.64. The van der Waals surface area contributed by atoms with Crippen LogP contribution in [0.2, 0.25) is 0 Å². The zero-order valence-corrected chi connectivity index (χ0v) is 27.0. The van der Waals surface area contributed by atoms with Gasteiger partial charge in [-0.2, -0.15) is 0 Å². The predicted molar refractivity (Wildman–Crippen MR) is 202 cm³/mol. The van der Waals surface area contributed by atoms with E-state index < -0.39 is 0 Å². The quantitative estimate of drug-likeness (QED) is 0.150. The summed E-state index contributed by atoms with van der Waals surface area (Å²) in [6.45, 7) is 0. The molecule has 2 aliphatic rings. The van der Waals surface area contributed by atoms with E-state index in [0.717, 1.165) is 79.2 Å². The lowest BCUT2D eigenvalue weighted by Crippen LogP contribution is -2.07. The molecule has 0 atom stereocenters. The molecule has 0 aliphatic carbocycles. The number of aromatic nitrogens is 4. The minimum absolute atomic E-state index is 0.529. The van der Waals surface area contributed by atoms with Crippen molar-refractivity contribution in [1.29, 1.82) is 0 Å². The van der Waals surface area contributed by atoms with Crippen LogP contribution in [0.5, 0.6) is 0 Å². The molecule has 49 heavy (non-hydrogen) atoms. The second kappa shape index (κ2) is 12.5. The van der Waals surface area contributed by atoms with Gasteiger partial charge in [0.05, 0.1) is 44.9 Å². The standard InChI is InChI=1S/C43H31N5O/c1-48(2)31-16-13-28(14-17-31)15-18-32-34-19-23-38(44-34)42(29-9-5-3-6-10-29)40-25-21-36(46-40)33(27-49)37-22-26-41(47-37)43(30-11-7-4-8-12-30)39-24-20-35(32)45-39/h3-14,16-17,19-27,46-47H,1-2H3. The van der Waals surface area contributed by atoms with Crippen molar-refractivity contribution in [3.63, 3.8) is 0 Å². The second-order valence-electron chi connectivity index (χ2n) is 12.1. The summed E-state index contributed by atoms with van der Waals surface area (Å²) in [7, 11) is 4.05. The number of nitrogens with zero attached hydrogens (tertiary/aromatic N) is 3. The zero-order chi connectivity index (χ0) is 33.3. The molecule has 6 nitrogen and oxygen atoms in total. The molecule has 5 heterocycles. The molecular formula is C43H31N5O. The number of anilines is 1. The molecule has 2 N–H and O–H groups in total. The van der Waals surface area contributed by atoms with Crippen LogP contribution in [0.15, 0.2) is 109 Å². The van der Waals surface area contributed by atoms with E-state index >= 15 is 0 Å². The van der Waals surface area contributed by atoms with Gasteiger partial charge in [-0.1, -0.05) is 72.5 Å². The Kier molecular flexibility index (Phi) is 7.56. The second-order valence-corrected chi connectivity index (χ2v) is 12.1. The Morgan fingerprint density at radius 3 is 1.49 bits per heavy atom. The SMILES string of the molecule is CN(C)c1ccc(C#Cc2c3nc(c(-c4ccccc4)c4ccc([nH]4)c(C=O)c4ccc([nH]4)c(-c4ccccc4)c4nc2C=C4)C=C3)cc1. The molecule has 0 saturated carbocycles. The van der Waals surface area contributed by atoms with Crippen molar-refractivity contribution >= 4 is 58.3 Å². The van der Waals surface area contributed by atoms with E-state index in [4.69, 9.17) is 9.97 Å². The number of aldehydes is 1. The van der Waals surface area contributed by atoms with Crippen LogP contribution < -0.4 is 4.90 Å². The number of carbonyl (C=O) groups excluding carboxylic acids is 1. The highest BCUT2D eigenvalue weighted by atomic mass is 16.1. The average molecular weight is 634 g/mol. The smallest absolute Gasteiger partial charge is 0.154 e. The summed E-state index contributed by atoms with van der Waals surface area (Å²) in [5.74, 6) is 6.84. The van der Waals surface area contributed by atoms with E-state index in [2.05, 4.69) is 63.1 Å². The maximum Gasteiger partial charge on any atom is 0.154 e. The van der Waals surface area contributed by atoms with Gasteiger partial charge < -0.3 is 14.9 Å². The summed E-state index contributed by atoms with van der Waals surface area (Å²) in [5.41, 5.74) is 13.3. The summed E-state index contributed by atoms with van der Waals surface area (Å²) in [6.07, 6.45) is 8.96. The third-order valence-electron chi connectivity index (χ3n) is 8.75. The van der Waals surface area contributed by atoms with Crippen LogP contribution in [0.1, 0.15) is 44.3 Å². The molecule has 0 saturated heterocycles. The number of carbonyl (C=O) groups is 1. The van der Waals surface area contributed by atoms with Gasteiger partial charge in [-0.3, -0.25) is 4.79 Å². The first-order valence-electron chi connectivity index (χ1n) is 16.1. The lowest BCUT2D eigenvalue weighted by atomic mass is 10.0. The van der Waals surface area contributed by atoms with Crippen molar-refractivity contribution in [2.24, 2.45) is 0 Å². The molecule has 6 heteroatoms. The average Bonchev–Trinajstić information content (AvgIpc) is 3.97. The highest BCUT2D eigenvalue weighted by Crippen LogP contribution is 2.34. The number of fused-ring (bicyclic) bond motifs is 8. The predicted octanol–water partition coefficient (Wildman–Crippen LogP) is 9.27. The van der Waals surface area contributed by atoms with Gasteiger partial charge in [0.15, 0.2) is 6.29 Å². The molecule has 3 aromatic heterocycles. The van der Waals surface area contributed by atoms with Gasteiger partial charge in [-0.25, -0.2) is 9.97 Å². The monoisotopic (exact) mass is 633 g/mol. The maximum absolute atomic E-state index is 12.6. The van der Waals surface area contributed by atoms with Gasteiger partial charge in [-0.05, 0) is 84.0 Å². The zero-order valence-electron chi connectivity index (χ0n) is 27.0. The summed E-state index contributed by atoms with van der Waals surface area (Å²) >= 11 is 0. The normalized spacial score (nSPS) is 11.6. The molecule has 3 aromatic carbocycles. The van der Waals surface area contributed by atoms with Crippen LogP contribution in [0.25, 0.3) is 68.6 Å². The fourth-order valence-corrected chi connectivity index (χ4v) is 6.28. The highest BCUT2D eigenvalue weighted by molar-refractivity contribution is 6.00.